The van der Waals surface area contributed by atoms with E-state index in [0.29, 0.717) is 6.42 Å². The van der Waals surface area contributed by atoms with Crippen LogP contribution in [0.1, 0.15) is 26.2 Å². The lowest BCUT2D eigenvalue weighted by atomic mass is 10.1. The van der Waals surface area contributed by atoms with Crippen LogP contribution in [0.15, 0.2) is 0 Å². The Hall–Kier alpha value is -0.420. The maximum Gasteiger partial charge on any atom is 0.221 e. The summed E-state index contributed by atoms with van der Waals surface area (Å²) in [7, 11) is -0.646. The lowest BCUT2D eigenvalue weighted by Crippen LogP contribution is -2.40. The van der Waals surface area contributed by atoms with Crippen molar-refractivity contribution < 1.29 is 9.00 Å². The lowest BCUT2D eigenvalue weighted by molar-refractivity contribution is -0.121. The molecule has 0 aliphatic carbocycles. The molecule has 0 atom stereocenters. The first-order valence-electron chi connectivity index (χ1n) is 5.57. The van der Waals surface area contributed by atoms with Crippen molar-refractivity contribution in [2.24, 2.45) is 0 Å². The lowest BCUT2D eigenvalue weighted by Gasteiger charge is -2.22. The van der Waals surface area contributed by atoms with Crippen LogP contribution in [0.2, 0.25) is 0 Å². The van der Waals surface area contributed by atoms with Crippen LogP contribution in [0.4, 0.5) is 0 Å². The van der Waals surface area contributed by atoms with E-state index >= 15 is 0 Å². The van der Waals surface area contributed by atoms with E-state index in [1.165, 1.54) is 0 Å². The first-order valence-corrected chi connectivity index (χ1v) is 7.06. The van der Waals surface area contributed by atoms with Gasteiger partial charge >= 0.3 is 0 Å². The van der Waals surface area contributed by atoms with Crippen molar-refractivity contribution >= 4 is 16.7 Å². The number of carbonyl (C=O) groups is 1. The fraction of sp³-hybridized carbons (Fsp3) is 0.900. The number of carbonyl (C=O) groups excluding carboxylic acids is 1. The van der Waals surface area contributed by atoms with Crippen molar-refractivity contribution in [1.82, 2.24) is 10.6 Å². The number of hydrogen-bond donors (Lipinski definition) is 2. The van der Waals surface area contributed by atoms with E-state index in [0.717, 1.165) is 37.4 Å². The zero-order valence-corrected chi connectivity index (χ0v) is 10.1. The van der Waals surface area contributed by atoms with Gasteiger partial charge in [-0.15, -0.1) is 0 Å². The van der Waals surface area contributed by atoms with Crippen molar-refractivity contribution in [2.75, 3.05) is 24.6 Å². The SMILES string of the molecule is CCNCCC(=O)NC1CCS(=O)CC1. The molecule has 15 heavy (non-hydrogen) atoms. The largest absolute Gasteiger partial charge is 0.353 e. The minimum Gasteiger partial charge on any atom is -0.353 e. The van der Waals surface area contributed by atoms with Crippen molar-refractivity contribution in [2.45, 2.75) is 32.2 Å². The van der Waals surface area contributed by atoms with Crippen molar-refractivity contribution in [3.63, 3.8) is 0 Å². The minimum atomic E-state index is -0.646. The Morgan fingerprint density at radius 2 is 2.07 bits per heavy atom. The van der Waals surface area contributed by atoms with Gasteiger partial charge in [0.05, 0.1) is 0 Å². The van der Waals surface area contributed by atoms with Gasteiger partial charge in [0.1, 0.15) is 0 Å². The standard InChI is InChI=1S/C10H20N2O2S/c1-2-11-6-3-10(13)12-9-4-7-15(14)8-5-9/h9,11H,2-8H2,1H3,(H,12,13). The molecule has 88 valence electrons. The molecule has 1 aliphatic rings. The van der Waals surface area contributed by atoms with E-state index < -0.39 is 10.8 Å². The van der Waals surface area contributed by atoms with Crippen LogP contribution in [-0.2, 0) is 15.6 Å². The molecular formula is C10H20N2O2S. The van der Waals surface area contributed by atoms with Gasteiger partial charge in [-0.1, -0.05) is 6.92 Å². The van der Waals surface area contributed by atoms with E-state index in [1.54, 1.807) is 0 Å². The van der Waals surface area contributed by atoms with Gasteiger partial charge in [-0.05, 0) is 19.4 Å². The topological polar surface area (TPSA) is 58.2 Å². The molecule has 0 aromatic carbocycles. The highest BCUT2D eigenvalue weighted by Gasteiger charge is 2.18. The minimum absolute atomic E-state index is 0.105. The molecular weight excluding hydrogens is 212 g/mol. The van der Waals surface area contributed by atoms with Crippen LogP contribution in [0, 0.1) is 0 Å². The molecule has 0 bridgehead atoms. The Morgan fingerprint density at radius 1 is 1.40 bits per heavy atom. The highest BCUT2D eigenvalue weighted by atomic mass is 32.2. The molecule has 2 N–H and O–H groups in total. The molecule has 0 radical (unpaired) electrons. The Balaban J connectivity index is 2.12. The molecule has 1 fully saturated rings. The fourth-order valence-corrected chi connectivity index (χ4v) is 2.92. The molecule has 0 aromatic heterocycles. The molecule has 0 saturated carbocycles. The van der Waals surface area contributed by atoms with Crippen LogP contribution >= 0.6 is 0 Å². The molecule has 5 heteroatoms. The van der Waals surface area contributed by atoms with Gasteiger partial charge in [0.25, 0.3) is 0 Å². The van der Waals surface area contributed by atoms with Gasteiger partial charge in [0.2, 0.25) is 5.91 Å². The summed E-state index contributed by atoms with van der Waals surface area (Å²) in [6.45, 7) is 3.66. The normalized spacial score (nSPS) is 26.2. The van der Waals surface area contributed by atoms with Crippen LogP contribution in [-0.4, -0.2) is 40.8 Å². The van der Waals surface area contributed by atoms with Crippen LogP contribution in [0.25, 0.3) is 0 Å². The summed E-state index contributed by atoms with van der Waals surface area (Å²) in [4.78, 5) is 11.4. The zero-order chi connectivity index (χ0) is 11.1. The number of amides is 1. The first kappa shape index (κ1) is 12.6. The van der Waals surface area contributed by atoms with Gasteiger partial charge in [-0.25, -0.2) is 0 Å². The van der Waals surface area contributed by atoms with E-state index in [2.05, 4.69) is 10.6 Å². The Labute approximate surface area is 93.7 Å². The van der Waals surface area contributed by atoms with E-state index in [-0.39, 0.29) is 11.9 Å². The molecule has 0 aromatic rings. The quantitative estimate of drug-likeness (QED) is 0.657. The zero-order valence-electron chi connectivity index (χ0n) is 9.25. The van der Waals surface area contributed by atoms with E-state index in [9.17, 15) is 9.00 Å². The van der Waals surface area contributed by atoms with Crippen molar-refractivity contribution in [1.29, 1.82) is 0 Å². The van der Waals surface area contributed by atoms with Crippen molar-refractivity contribution in [3.05, 3.63) is 0 Å². The van der Waals surface area contributed by atoms with Crippen molar-refractivity contribution in [3.8, 4) is 0 Å². The number of nitrogens with one attached hydrogen (secondary N) is 2. The number of hydrogen-bond acceptors (Lipinski definition) is 3. The summed E-state index contributed by atoms with van der Waals surface area (Å²) in [5.41, 5.74) is 0. The molecule has 0 spiro atoms. The molecule has 0 unspecified atom stereocenters. The summed E-state index contributed by atoms with van der Waals surface area (Å²) in [6.07, 6.45) is 2.26. The second kappa shape index (κ2) is 6.95. The maximum atomic E-state index is 11.4. The molecule has 1 saturated heterocycles. The highest BCUT2D eigenvalue weighted by Crippen LogP contribution is 2.08. The number of rotatable bonds is 5. The monoisotopic (exact) mass is 232 g/mol. The third-order valence-electron chi connectivity index (χ3n) is 2.53. The third kappa shape index (κ3) is 5.28. The van der Waals surface area contributed by atoms with Gasteiger partial charge in [-0.3, -0.25) is 9.00 Å². The first-order chi connectivity index (χ1) is 7.22. The van der Waals surface area contributed by atoms with Crippen LogP contribution in [0.3, 0.4) is 0 Å². The van der Waals surface area contributed by atoms with Gasteiger partial charge < -0.3 is 10.6 Å². The summed E-state index contributed by atoms with van der Waals surface area (Å²) in [5.74, 6) is 1.57. The summed E-state index contributed by atoms with van der Waals surface area (Å²) < 4.78 is 11.1. The van der Waals surface area contributed by atoms with Gasteiger partial charge in [-0.2, -0.15) is 0 Å². The van der Waals surface area contributed by atoms with E-state index in [1.807, 2.05) is 6.92 Å². The summed E-state index contributed by atoms with van der Waals surface area (Å²) >= 11 is 0. The fourth-order valence-electron chi connectivity index (χ4n) is 1.62. The molecule has 1 amide bonds. The maximum absolute atomic E-state index is 11.4. The van der Waals surface area contributed by atoms with Gasteiger partial charge in [0.15, 0.2) is 0 Å². The molecule has 1 heterocycles. The third-order valence-corrected chi connectivity index (χ3v) is 3.91. The molecule has 4 nitrogen and oxygen atoms in total. The van der Waals surface area contributed by atoms with E-state index in [4.69, 9.17) is 0 Å². The average Bonchev–Trinajstić information content (AvgIpc) is 2.22. The molecule has 1 aliphatic heterocycles. The Morgan fingerprint density at radius 3 is 2.67 bits per heavy atom. The second-order valence-corrected chi connectivity index (χ2v) is 5.49. The Kier molecular flexibility index (Phi) is 5.86. The smallest absolute Gasteiger partial charge is 0.221 e. The Bertz CT molecular complexity index is 223. The van der Waals surface area contributed by atoms with Crippen LogP contribution in [0.5, 0.6) is 0 Å². The van der Waals surface area contributed by atoms with Gasteiger partial charge in [0, 0.05) is 41.3 Å². The average molecular weight is 232 g/mol. The predicted octanol–water partition coefficient (Wildman–Crippen LogP) is 0.0133. The predicted molar refractivity (Wildman–Crippen MR) is 62.2 cm³/mol. The van der Waals surface area contributed by atoms with Crippen LogP contribution < -0.4 is 10.6 Å². The second-order valence-electron chi connectivity index (χ2n) is 3.79. The summed E-state index contributed by atoms with van der Waals surface area (Å²) in [5, 5.41) is 6.10. The highest BCUT2D eigenvalue weighted by molar-refractivity contribution is 7.85. The molecule has 1 rings (SSSR count). The summed E-state index contributed by atoms with van der Waals surface area (Å²) in [6, 6.07) is 0.247.